The molecule has 22 heavy (non-hydrogen) atoms. The van der Waals surface area contributed by atoms with E-state index in [9.17, 15) is 0 Å². The number of rotatable bonds is 2. The van der Waals surface area contributed by atoms with Crippen molar-refractivity contribution >= 4 is 11.6 Å². The van der Waals surface area contributed by atoms with E-state index in [0.29, 0.717) is 11.1 Å². The molecule has 1 saturated heterocycles. The quantitative estimate of drug-likeness (QED) is 0.834. The highest BCUT2D eigenvalue weighted by molar-refractivity contribution is 5.55. The van der Waals surface area contributed by atoms with Crippen molar-refractivity contribution < 1.29 is 0 Å². The van der Waals surface area contributed by atoms with Gasteiger partial charge in [-0.3, -0.25) is 0 Å². The van der Waals surface area contributed by atoms with Crippen LogP contribution in [0.3, 0.4) is 0 Å². The smallest absolute Gasteiger partial charge is 0.146 e. The first-order valence-electron chi connectivity index (χ1n) is 7.03. The zero-order valence-corrected chi connectivity index (χ0v) is 12.0. The fraction of sp³-hybridized carbons (Fsp3) is 0.250. The van der Waals surface area contributed by atoms with Crippen molar-refractivity contribution in [3.05, 3.63) is 47.8 Å². The molecule has 0 spiro atoms. The molecule has 1 aliphatic heterocycles. The summed E-state index contributed by atoms with van der Waals surface area (Å²) in [7, 11) is 0. The lowest BCUT2D eigenvalue weighted by molar-refractivity contribution is 0.641. The number of nitrogens with zero attached hydrogens (tertiary/aromatic N) is 6. The monoisotopic (exact) mass is 290 g/mol. The zero-order valence-electron chi connectivity index (χ0n) is 12.0. The van der Waals surface area contributed by atoms with Gasteiger partial charge in [0.25, 0.3) is 0 Å². The Bertz CT molecular complexity index is 732. The first-order chi connectivity index (χ1) is 10.8. The van der Waals surface area contributed by atoms with Gasteiger partial charge in [0, 0.05) is 38.6 Å². The van der Waals surface area contributed by atoms with Gasteiger partial charge >= 0.3 is 0 Å². The molecular formula is C16H14N6. The summed E-state index contributed by atoms with van der Waals surface area (Å²) in [6, 6.07) is 11.5. The van der Waals surface area contributed by atoms with Gasteiger partial charge in [-0.15, -0.1) is 0 Å². The molecule has 2 aromatic heterocycles. The molecule has 2 aromatic rings. The molecule has 3 rings (SSSR count). The Hall–Kier alpha value is -3.12. The van der Waals surface area contributed by atoms with Crippen molar-refractivity contribution in [1.29, 1.82) is 10.5 Å². The van der Waals surface area contributed by atoms with Crippen molar-refractivity contribution in [3.63, 3.8) is 0 Å². The molecule has 108 valence electrons. The van der Waals surface area contributed by atoms with Crippen LogP contribution in [0.25, 0.3) is 0 Å². The van der Waals surface area contributed by atoms with E-state index < -0.39 is 0 Å². The lowest BCUT2D eigenvalue weighted by atomic mass is 10.2. The summed E-state index contributed by atoms with van der Waals surface area (Å²) >= 11 is 0. The largest absolute Gasteiger partial charge is 0.353 e. The van der Waals surface area contributed by atoms with E-state index >= 15 is 0 Å². The van der Waals surface area contributed by atoms with E-state index in [-0.39, 0.29) is 0 Å². The van der Waals surface area contributed by atoms with Gasteiger partial charge in [0.05, 0.1) is 11.1 Å². The van der Waals surface area contributed by atoms with Crippen LogP contribution in [0.2, 0.25) is 0 Å². The average Bonchev–Trinajstić information content (AvgIpc) is 2.62. The summed E-state index contributed by atoms with van der Waals surface area (Å²) < 4.78 is 0. The topological polar surface area (TPSA) is 79.8 Å². The minimum atomic E-state index is 0.564. The minimum absolute atomic E-state index is 0.564. The van der Waals surface area contributed by atoms with Crippen LogP contribution >= 0.6 is 0 Å². The molecule has 0 N–H and O–H groups in total. The number of pyridine rings is 2. The van der Waals surface area contributed by atoms with Crippen molar-refractivity contribution in [2.45, 2.75) is 0 Å². The number of aromatic nitrogens is 2. The summed E-state index contributed by atoms with van der Waals surface area (Å²) in [6.07, 6.45) is 3.30. The van der Waals surface area contributed by atoms with E-state index in [0.717, 1.165) is 37.8 Å². The summed E-state index contributed by atoms with van der Waals surface area (Å²) in [5, 5.41) is 18.0. The highest BCUT2D eigenvalue weighted by Crippen LogP contribution is 2.20. The number of anilines is 2. The molecule has 0 aromatic carbocycles. The average molecular weight is 290 g/mol. The maximum Gasteiger partial charge on any atom is 0.146 e. The van der Waals surface area contributed by atoms with Gasteiger partial charge in [-0.05, 0) is 24.3 Å². The van der Waals surface area contributed by atoms with Crippen LogP contribution in [-0.4, -0.2) is 36.1 Å². The normalized spacial score (nSPS) is 14.3. The van der Waals surface area contributed by atoms with Gasteiger partial charge in [-0.2, -0.15) is 10.5 Å². The summed E-state index contributed by atoms with van der Waals surface area (Å²) in [4.78, 5) is 12.9. The number of hydrogen-bond donors (Lipinski definition) is 0. The second kappa shape index (κ2) is 6.11. The number of piperazine rings is 1. The lowest BCUT2D eigenvalue weighted by Gasteiger charge is -2.36. The molecule has 0 unspecified atom stereocenters. The third kappa shape index (κ3) is 2.68. The third-order valence-electron chi connectivity index (χ3n) is 3.69. The lowest BCUT2D eigenvalue weighted by Crippen LogP contribution is -2.47. The van der Waals surface area contributed by atoms with Gasteiger partial charge < -0.3 is 9.80 Å². The number of nitriles is 2. The predicted octanol–water partition coefficient (Wildman–Crippen LogP) is 1.55. The van der Waals surface area contributed by atoms with Crippen LogP contribution in [0.15, 0.2) is 36.7 Å². The molecular weight excluding hydrogens is 276 g/mol. The molecule has 0 amide bonds. The molecule has 1 aliphatic rings. The molecule has 1 fully saturated rings. The standard InChI is InChI=1S/C16H14N6/c17-10-13-3-4-15(20-12-13)21-6-8-22(9-7-21)16-14(11-18)2-1-5-19-16/h1-5,12H,6-9H2. The van der Waals surface area contributed by atoms with Gasteiger partial charge in [0.15, 0.2) is 0 Å². The Morgan fingerprint density at radius 3 is 2.32 bits per heavy atom. The second-order valence-corrected chi connectivity index (χ2v) is 4.98. The highest BCUT2D eigenvalue weighted by Gasteiger charge is 2.20. The van der Waals surface area contributed by atoms with Gasteiger partial charge in [0.2, 0.25) is 0 Å². The van der Waals surface area contributed by atoms with Crippen molar-refractivity contribution in [2.75, 3.05) is 36.0 Å². The molecule has 0 bridgehead atoms. The van der Waals surface area contributed by atoms with Crippen molar-refractivity contribution in [2.24, 2.45) is 0 Å². The Morgan fingerprint density at radius 2 is 1.68 bits per heavy atom. The fourth-order valence-corrected chi connectivity index (χ4v) is 2.52. The van der Waals surface area contributed by atoms with Crippen LogP contribution in [0.5, 0.6) is 0 Å². The van der Waals surface area contributed by atoms with E-state index in [2.05, 4.69) is 31.9 Å². The fourth-order valence-electron chi connectivity index (χ4n) is 2.52. The van der Waals surface area contributed by atoms with Crippen LogP contribution in [-0.2, 0) is 0 Å². The third-order valence-corrected chi connectivity index (χ3v) is 3.69. The van der Waals surface area contributed by atoms with Crippen LogP contribution in [0.1, 0.15) is 11.1 Å². The summed E-state index contributed by atoms with van der Waals surface area (Å²) in [5.41, 5.74) is 1.17. The molecule has 6 nitrogen and oxygen atoms in total. The minimum Gasteiger partial charge on any atom is -0.353 e. The number of hydrogen-bond acceptors (Lipinski definition) is 6. The SMILES string of the molecule is N#Cc1ccc(N2CCN(c3ncccc3C#N)CC2)nc1. The van der Waals surface area contributed by atoms with Crippen LogP contribution in [0.4, 0.5) is 11.6 Å². The van der Waals surface area contributed by atoms with E-state index in [1.807, 2.05) is 6.07 Å². The van der Waals surface area contributed by atoms with Crippen molar-refractivity contribution in [3.8, 4) is 12.1 Å². The van der Waals surface area contributed by atoms with E-state index in [1.165, 1.54) is 0 Å². The maximum atomic E-state index is 9.17. The Morgan fingerprint density at radius 1 is 0.909 bits per heavy atom. The first-order valence-corrected chi connectivity index (χ1v) is 7.03. The Labute approximate surface area is 128 Å². The van der Waals surface area contributed by atoms with E-state index in [4.69, 9.17) is 10.5 Å². The van der Waals surface area contributed by atoms with Gasteiger partial charge in [0.1, 0.15) is 23.8 Å². The Balaban J connectivity index is 1.70. The zero-order chi connectivity index (χ0) is 15.4. The molecule has 6 heteroatoms. The molecule has 3 heterocycles. The van der Waals surface area contributed by atoms with E-state index in [1.54, 1.807) is 30.6 Å². The molecule has 0 saturated carbocycles. The predicted molar refractivity (Wildman–Crippen MR) is 82.3 cm³/mol. The first kappa shape index (κ1) is 13.8. The highest BCUT2D eigenvalue weighted by atomic mass is 15.3. The van der Waals surface area contributed by atoms with Crippen LogP contribution < -0.4 is 9.80 Å². The van der Waals surface area contributed by atoms with Crippen LogP contribution in [0, 0.1) is 22.7 Å². The molecule has 0 atom stereocenters. The molecule has 0 aliphatic carbocycles. The summed E-state index contributed by atoms with van der Waals surface area (Å²) in [6.45, 7) is 3.18. The van der Waals surface area contributed by atoms with Gasteiger partial charge in [-0.25, -0.2) is 9.97 Å². The Kier molecular flexibility index (Phi) is 3.84. The molecule has 0 radical (unpaired) electrons. The maximum absolute atomic E-state index is 9.17. The summed E-state index contributed by atoms with van der Waals surface area (Å²) in [5.74, 6) is 1.62. The van der Waals surface area contributed by atoms with Gasteiger partial charge in [-0.1, -0.05) is 0 Å². The van der Waals surface area contributed by atoms with Crippen molar-refractivity contribution in [1.82, 2.24) is 9.97 Å². The second-order valence-electron chi connectivity index (χ2n) is 4.98.